The number of aliphatic hydroxyl groups excluding tert-OH is 1. The molecule has 7 heteroatoms. The van der Waals surface area contributed by atoms with Gasteiger partial charge in [-0.25, -0.2) is 4.79 Å². The van der Waals surface area contributed by atoms with E-state index in [1.54, 1.807) is 6.07 Å². The Morgan fingerprint density at radius 2 is 2.15 bits per heavy atom. The largest absolute Gasteiger partial charge is 0.497 e. The highest BCUT2D eigenvalue weighted by atomic mass is 16.5. The molecule has 0 aromatic heterocycles. The van der Waals surface area contributed by atoms with E-state index in [2.05, 4.69) is 0 Å². The molecule has 0 saturated carbocycles. The van der Waals surface area contributed by atoms with Gasteiger partial charge in [0.05, 0.1) is 18.8 Å². The number of carbonyl (C=O) groups excluding carboxylic acids is 1. The van der Waals surface area contributed by atoms with Crippen LogP contribution in [0.1, 0.15) is 16.8 Å². The van der Waals surface area contributed by atoms with Gasteiger partial charge in [0.25, 0.3) is 5.91 Å². The number of carboxylic acid groups (broad SMARTS) is 1. The van der Waals surface area contributed by atoms with Gasteiger partial charge < -0.3 is 25.6 Å². The van der Waals surface area contributed by atoms with Crippen LogP contribution in [-0.4, -0.2) is 52.8 Å². The molecule has 2 unspecified atom stereocenters. The first kappa shape index (κ1) is 14.1. The Labute approximate surface area is 115 Å². The van der Waals surface area contributed by atoms with Gasteiger partial charge in [0.15, 0.2) is 0 Å². The third-order valence-electron chi connectivity index (χ3n) is 3.31. The topological polar surface area (TPSA) is 113 Å². The maximum absolute atomic E-state index is 12.4. The van der Waals surface area contributed by atoms with Gasteiger partial charge in [-0.2, -0.15) is 0 Å². The molecular formula is C13H16N2O5. The number of hydrogen-bond acceptors (Lipinski definition) is 5. The zero-order valence-electron chi connectivity index (χ0n) is 10.9. The SMILES string of the molecule is COc1ccc(C(=O)N2CC(O)CC2C(=O)O)c(N)c1. The summed E-state index contributed by atoms with van der Waals surface area (Å²) in [6.07, 6.45) is -0.809. The van der Waals surface area contributed by atoms with Gasteiger partial charge in [-0.05, 0) is 12.1 Å². The summed E-state index contributed by atoms with van der Waals surface area (Å²) in [7, 11) is 1.48. The highest BCUT2D eigenvalue weighted by molar-refractivity contribution is 6.01. The summed E-state index contributed by atoms with van der Waals surface area (Å²) in [6.45, 7) is -0.0126. The highest BCUT2D eigenvalue weighted by Crippen LogP contribution is 2.25. The van der Waals surface area contributed by atoms with E-state index in [0.29, 0.717) is 5.75 Å². The predicted molar refractivity (Wildman–Crippen MR) is 70.5 cm³/mol. The second-order valence-corrected chi connectivity index (χ2v) is 4.65. The fraction of sp³-hybridized carbons (Fsp3) is 0.385. The van der Waals surface area contributed by atoms with E-state index in [0.717, 1.165) is 4.90 Å². The van der Waals surface area contributed by atoms with Gasteiger partial charge in [-0.1, -0.05) is 0 Å². The molecule has 1 aliphatic heterocycles. The molecule has 4 N–H and O–H groups in total. The first-order valence-electron chi connectivity index (χ1n) is 6.09. The Morgan fingerprint density at radius 3 is 2.70 bits per heavy atom. The summed E-state index contributed by atoms with van der Waals surface area (Å²) in [4.78, 5) is 24.6. The van der Waals surface area contributed by atoms with Crippen LogP contribution in [0.25, 0.3) is 0 Å². The Morgan fingerprint density at radius 1 is 1.45 bits per heavy atom. The smallest absolute Gasteiger partial charge is 0.326 e. The standard InChI is InChI=1S/C13H16N2O5/c1-20-8-2-3-9(10(14)5-8)12(17)15-6-7(16)4-11(15)13(18)19/h2-3,5,7,11,16H,4,6,14H2,1H3,(H,18,19). The van der Waals surface area contributed by atoms with Crippen LogP contribution in [0.2, 0.25) is 0 Å². The molecule has 1 saturated heterocycles. The van der Waals surface area contributed by atoms with Crippen LogP contribution in [-0.2, 0) is 4.79 Å². The molecule has 1 aromatic carbocycles. The second kappa shape index (κ2) is 5.38. The number of carboxylic acids is 1. The van der Waals surface area contributed by atoms with Gasteiger partial charge in [0, 0.05) is 24.7 Å². The summed E-state index contributed by atoms with van der Waals surface area (Å²) in [5.74, 6) is -1.13. The molecule has 108 valence electrons. The number of amides is 1. The van der Waals surface area contributed by atoms with Gasteiger partial charge in [-0.3, -0.25) is 4.79 Å². The third kappa shape index (κ3) is 2.53. The lowest BCUT2D eigenvalue weighted by atomic mass is 10.1. The van der Waals surface area contributed by atoms with E-state index < -0.39 is 24.0 Å². The lowest BCUT2D eigenvalue weighted by Gasteiger charge is -2.22. The van der Waals surface area contributed by atoms with E-state index in [4.69, 9.17) is 15.6 Å². The van der Waals surface area contributed by atoms with E-state index >= 15 is 0 Å². The number of aliphatic carboxylic acids is 1. The van der Waals surface area contributed by atoms with Crippen molar-refractivity contribution in [3.8, 4) is 5.75 Å². The molecule has 0 spiro atoms. The number of ether oxygens (including phenoxy) is 1. The average molecular weight is 280 g/mol. The normalized spacial score (nSPS) is 21.8. The zero-order chi connectivity index (χ0) is 14.9. The molecule has 1 fully saturated rings. The number of methoxy groups -OCH3 is 1. The van der Waals surface area contributed by atoms with Crippen molar-refractivity contribution in [3.05, 3.63) is 23.8 Å². The zero-order valence-corrected chi connectivity index (χ0v) is 10.9. The Balaban J connectivity index is 2.29. The van der Waals surface area contributed by atoms with Crippen molar-refractivity contribution < 1.29 is 24.5 Å². The molecule has 0 radical (unpaired) electrons. The maximum atomic E-state index is 12.4. The van der Waals surface area contributed by atoms with Crippen LogP contribution < -0.4 is 10.5 Å². The van der Waals surface area contributed by atoms with Crippen LogP contribution in [0, 0.1) is 0 Å². The Kier molecular flexibility index (Phi) is 3.80. The molecule has 1 amide bonds. The summed E-state index contributed by atoms with van der Waals surface area (Å²) < 4.78 is 4.99. The van der Waals surface area contributed by atoms with Crippen LogP contribution in [0.15, 0.2) is 18.2 Å². The first-order valence-corrected chi connectivity index (χ1v) is 6.09. The summed E-state index contributed by atoms with van der Waals surface area (Å²) in [6, 6.07) is 3.53. The molecule has 1 aromatic rings. The van der Waals surface area contributed by atoms with Gasteiger partial charge in [0.2, 0.25) is 0 Å². The number of nitrogen functional groups attached to an aromatic ring is 1. The van der Waals surface area contributed by atoms with Crippen molar-refractivity contribution in [1.82, 2.24) is 4.90 Å². The number of benzene rings is 1. The minimum atomic E-state index is -1.14. The molecular weight excluding hydrogens is 264 g/mol. The van der Waals surface area contributed by atoms with E-state index in [1.165, 1.54) is 19.2 Å². The number of nitrogens with zero attached hydrogens (tertiary/aromatic N) is 1. The van der Waals surface area contributed by atoms with Gasteiger partial charge in [-0.15, -0.1) is 0 Å². The fourth-order valence-corrected chi connectivity index (χ4v) is 2.29. The van der Waals surface area contributed by atoms with E-state index in [9.17, 15) is 14.7 Å². The minimum Gasteiger partial charge on any atom is -0.497 e. The van der Waals surface area contributed by atoms with Gasteiger partial charge in [0.1, 0.15) is 11.8 Å². The molecule has 1 heterocycles. The number of likely N-dealkylation sites (tertiary alicyclic amines) is 1. The minimum absolute atomic E-state index is 0.0126. The first-order chi connectivity index (χ1) is 9.43. The second-order valence-electron chi connectivity index (χ2n) is 4.65. The number of nitrogens with two attached hydrogens (primary N) is 1. The maximum Gasteiger partial charge on any atom is 0.326 e. The molecule has 0 aliphatic carbocycles. The van der Waals surface area contributed by atoms with Crippen molar-refractivity contribution in [2.24, 2.45) is 0 Å². The van der Waals surface area contributed by atoms with Crippen LogP contribution in [0.5, 0.6) is 5.75 Å². The predicted octanol–water partition coefficient (Wildman–Crippen LogP) is -0.0626. The number of aliphatic hydroxyl groups is 1. The van der Waals surface area contributed by atoms with Crippen molar-refractivity contribution in [3.63, 3.8) is 0 Å². The van der Waals surface area contributed by atoms with Crippen LogP contribution in [0.3, 0.4) is 0 Å². The molecule has 1 aliphatic rings. The van der Waals surface area contributed by atoms with E-state index in [1.807, 2.05) is 0 Å². The van der Waals surface area contributed by atoms with Gasteiger partial charge >= 0.3 is 5.97 Å². The van der Waals surface area contributed by atoms with Crippen molar-refractivity contribution in [2.75, 3.05) is 19.4 Å². The number of hydrogen-bond donors (Lipinski definition) is 3. The molecule has 2 rings (SSSR count). The summed E-state index contributed by atoms with van der Waals surface area (Å²) in [5, 5.41) is 18.7. The summed E-state index contributed by atoms with van der Waals surface area (Å²) >= 11 is 0. The van der Waals surface area contributed by atoms with Crippen molar-refractivity contribution in [2.45, 2.75) is 18.6 Å². The number of rotatable bonds is 3. The number of β-amino-alcohol motifs (C(OH)–C–C–N with tert-alkyl or cyclic N) is 1. The van der Waals surface area contributed by atoms with E-state index in [-0.39, 0.29) is 24.2 Å². The fourth-order valence-electron chi connectivity index (χ4n) is 2.29. The Bertz CT molecular complexity index is 546. The van der Waals surface area contributed by atoms with Crippen molar-refractivity contribution in [1.29, 1.82) is 0 Å². The number of anilines is 1. The monoisotopic (exact) mass is 280 g/mol. The lowest BCUT2D eigenvalue weighted by Crippen LogP contribution is -2.40. The van der Waals surface area contributed by atoms with Crippen LogP contribution in [0.4, 0.5) is 5.69 Å². The molecule has 0 bridgehead atoms. The molecule has 2 atom stereocenters. The quantitative estimate of drug-likeness (QED) is 0.668. The summed E-state index contributed by atoms with van der Waals surface area (Å²) in [5.41, 5.74) is 6.19. The van der Waals surface area contributed by atoms with Crippen molar-refractivity contribution >= 4 is 17.6 Å². The Hall–Kier alpha value is -2.28. The third-order valence-corrected chi connectivity index (χ3v) is 3.31. The average Bonchev–Trinajstić information content (AvgIpc) is 2.80. The highest BCUT2D eigenvalue weighted by Gasteiger charge is 2.39. The molecule has 20 heavy (non-hydrogen) atoms. The molecule has 7 nitrogen and oxygen atoms in total. The number of carbonyl (C=O) groups is 2. The lowest BCUT2D eigenvalue weighted by molar-refractivity contribution is -0.141. The van der Waals surface area contributed by atoms with Crippen LogP contribution >= 0.6 is 0 Å².